The van der Waals surface area contributed by atoms with Crippen LogP contribution in [0.25, 0.3) is 22.4 Å². The third kappa shape index (κ3) is 4.49. The van der Waals surface area contributed by atoms with Gasteiger partial charge in [-0.1, -0.05) is 24.3 Å². The number of nitrogens with two attached hydrogens (primary N) is 1. The van der Waals surface area contributed by atoms with Crippen LogP contribution in [0.15, 0.2) is 59.7 Å². The smallest absolute Gasteiger partial charge is 0.219 e. The number of hydrogen-bond donors (Lipinski definition) is 2. The van der Waals surface area contributed by atoms with Gasteiger partial charge in [0.1, 0.15) is 12.0 Å². The van der Waals surface area contributed by atoms with E-state index in [9.17, 15) is 5.11 Å². The van der Waals surface area contributed by atoms with Crippen LogP contribution in [0, 0.1) is 0 Å². The third-order valence-corrected chi connectivity index (χ3v) is 5.13. The SMILES string of the molecule is CC(C)(O)Cn1cc(-c2coc(C(C)(C)c3ccc(-c4cnc(N)nc4)cc3)n2)cn1. The van der Waals surface area contributed by atoms with Crippen LogP contribution < -0.4 is 5.73 Å². The molecule has 0 saturated carbocycles. The molecule has 0 amide bonds. The summed E-state index contributed by atoms with van der Waals surface area (Å²) in [5.74, 6) is 0.869. The molecule has 0 spiro atoms. The van der Waals surface area contributed by atoms with Gasteiger partial charge in [0.25, 0.3) is 0 Å². The summed E-state index contributed by atoms with van der Waals surface area (Å²) in [6, 6.07) is 8.15. The Morgan fingerprint density at radius 3 is 2.29 bits per heavy atom. The number of oxazole rings is 1. The number of nitrogen functional groups attached to an aromatic ring is 1. The summed E-state index contributed by atoms with van der Waals surface area (Å²) in [5.41, 5.74) is 8.82. The van der Waals surface area contributed by atoms with Crippen molar-refractivity contribution >= 4 is 5.95 Å². The zero-order valence-corrected chi connectivity index (χ0v) is 18.1. The van der Waals surface area contributed by atoms with Crippen molar-refractivity contribution in [1.82, 2.24) is 24.7 Å². The van der Waals surface area contributed by atoms with Gasteiger partial charge in [0.2, 0.25) is 11.8 Å². The van der Waals surface area contributed by atoms with Gasteiger partial charge in [0, 0.05) is 29.7 Å². The molecule has 8 heteroatoms. The molecule has 0 bridgehead atoms. The van der Waals surface area contributed by atoms with Crippen molar-refractivity contribution in [3.63, 3.8) is 0 Å². The summed E-state index contributed by atoms with van der Waals surface area (Å²) in [6.45, 7) is 8.03. The van der Waals surface area contributed by atoms with Gasteiger partial charge in [-0.25, -0.2) is 15.0 Å². The lowest BCUT2D eigenvalue weighted by Gasteiger charge is -2.21. The van der Waals surface area contributed by atoms with Crippen molar-refractivity contribution < 1.29 is 9.52 Å². The molecular weight excluding hydrogens is 392 g/mol. The molecule has 31 heavy (non-hydrogen) atoms. The van der Waals surface area contributed by atoms with E-state index in [0.29, 0.717) is 18.1 Å². The van der Waals surface area contributed by atoms with E-state index in [1.807, 2.05) is 18.3 Å². The van der Waals surface area contributed by atoms with E-state index >= 15 is 0 Å². The fourth-order valence-corrected chi connectivity index (χ4v) is 3.36. The Morgan fingerprint density at radius 2 is 1.65 bits per heavy atom. The number of nitrogens with zero attached hydrogens (tertiary/aromatic N) is 5. The summed E-state index contributed by atoms with van der Waals surface area (Å²) >= 11 is 0. The number of aromatic nitrogens is 5. The molecule has 0 aliphatic carbocycles. The largest absolute Gasteiger partial charge is 0.447 e. The first-order chi connectivity index (χ1) is 14.6. The molecule has 3 N–H and O–H groups in total. The molecule has 0 fully saturated rings. The van der Waals surface area contributed by atoms with Gasteiger partial charge < -0.3 is 15.3 Å². The summed E-state index contributed by atoms with van der Waals surface area (Å²) < 4.78 is 7.55. The fourth-order valence-electron chi connectivity index (χ4n) is 3.36. The summed E-state index contributed by atoms with van der Waals surface area (Å²) in [5, 5.41) is 14.3. The van der Waals surface area contributed by atoms with Gasteiger partial charge >= 0.3 is 0 Å². The topological polar surface area (TPSA) is 116 Å². The van der Waals surface area contributed by atoms with E-state index in [-0.39, 0.29) is 5.95 Å². The van der Waals surface area contributed by atoms with Crippen molar-refractivity contribution in [3.05, 3.63) is 66.8 Å². The van der Waals surface area contributed by atoms with Crippen LogP contribution in [0.4, 0.5) is 5.95 Å². The van der Waals surface area contributed by atoms with E-state index in [1.165, 1.54) is 0 Å². The lowest BCUT2D eigenvalue weighted by Crippen LogP contribution is -2.26. The average molecular weight is 419 g/mol. The van der Waals surface area contributed by atoms with Crippen LogP contribution >= 0.6 is 0 Å². The molecule has 0 saturated heterocycles. The Balaban J connectivity index is 1.55. The fraction of sp³-hybridized carbons (Fsp3) is 0.304. The molecule has 4 rings (SSSR count). The molecule has 3 heterocycles. The predicted octanol–water partition coefficient (Wildman–Crippen LogP) is 3.67. The lowest BCUT2D eigenvalue weighted by molar-refractivity contribution is 0.0577. The highest BCUT2D eigenvalue weighted by atomic mass is 16.3. The van der Waals surface area contributed by atoms with Gasteiger partial charge in [-0.3, -0.25) is 4.68 Å². The third-order valence-electron chi connectivity index (χ3n) is 5.13. The van der Waals surface area contributed by atoms with Gasteiger partial charge in [0.05, 0.1) is 23.8 Å². The Bertz CT molecular complexity index is 1170. The molecular formula is C23H26N6O2. The molecule has 8 nitrogen and oxygen atoms in total. The van der Waals surface area contributed by atoms with Crippen LogP contribution in [-0.4, -0.2) is 35.4 Å². The number of aliphatic hydroxyl groups is 1. The maximum atomic E-state index is 9.98. The molecule has 4 aromatic rings. The van der Waals surface area contributed by atoms with Gasteiger partial charge in [-0.05, 0) is 38.8 Å². The minimum atomic E-state index is -0.842. The van der Waals surface area contributed by atoms with Gasteiger partial charge in [0.15, 0.2) is 0 Å². The van der Waals surface area contributed by atoms with E-state index in [1.54, 1.807) is 43.4 Å². The Labute approximate surface area is 180 Å². The molecule has 3 aromatic heterocycles. The first-order valence-corrected chi connectivity index (χ1v) is 10.0. The van der Waals surface area contributed by atoms with Crippen LogP contribution in [0.1, 0.15) is 39.1 Å². The lowest BCUT2D eigenvalue weighted by atomic mass is 9.84. The maximum absolute atomic E-state index is 9.98. The van der Waals surface area contributed by atoms with Crippen LogP contribution in [0.5, 0.6) is 0 Å². The normalized spacial score (nSPS) is 12.3. The number of benzene rings is 1. The van der Waals surface area contributed by atoms with Crippen molar-refractivity contribution in [2.24, 2.45) is 0 Å². The van der Waals surface area contributed by atoms with E-state index in [2.05, 4.69) is 41.0 Å². The van der Waals surface area contributed by atoms with Crippen LogP contribution in [0.3, 0.4) is 0 Å². The zero-order valence-electron chi connectivity index (χ0n) is 18.1. The maximum Gasteiger partial charge on any atom is 0.219 e. The quantitative estimate of drug-likeness (QED) is 0.491. The average Bonchev–Trinajstić information content (AvgIpc) is 3.37. The standard InChI is InChI=1S/C23H26N6O2/c1-22(2,30)14-29-12-17(11-27-29)19-13-31-20(28-19)23(3,4)18-7-5-15(6-8-18)16-9-25-21(24)26-10-16/h5-13,30H,14H2,1-4H3,(H2,24,25,26). The summed E-state index contributed by atoms with van der Waals surface area (Å²) in [7, 11) is 0. The second-order valence-electron chi connectivity index (χ2n) is 8.81. The highest BCUT2D eigenvalue weighted by molar-refractivity contribution is 5.62. The van der Waals surface area contributed by atoms with Gasteiger partial charge in [-0.15, -0.1) is 0 Å². The second-order valence-corrected chi connectivity index (χ2v) is 8.81. The molecule has 0 aliphatic rings. The Hall–Kier alpha value is -3.52. The molecule has 0 atom stereocenters. The van der Waals surface area contributed by atoms with Crippen LogP contribution in [0.2, 0.25) is 0 Å². The van der Waals surface area contributed by atoms with Crippen molar-refractivity contribution in [1.29, 1.82) is 0 Å². The first kappa shape index (κ1) is 20.7. The number of hydrogen-bond acceptors (Lipinski definition) is 7. The summed E-state index contributed by atoms with van der Waals surface area (Å²) in [4.78, 5) is 12.8. The van der Waals surface area contributed by atoms with Crippen molar-refractivity contribution in [3.8, 4) is 22.4 Å². The van der Waals surface area contributed by atoms with Gasteiger partial charge in [-0.2, -0.15) is 5.10 Å². The van der Waals surface area contributed by atoms with E-state index < -0.39 is 11.0 Å². The molecule has 160 valence electrons. The van der Waals surface area contributed by atoms with Crippen molar-refractivity contribution in [2.75, 3.05) is 5.73 Å². The number of anilines is 1. The zero-order chi connectivity index (χ0) is 22.2. The molecule has 0 unspecified atom stereocenters. The highest BCUT2D eigenvalue weighted by Crippen LogP contribution is 2.33. The minimum absolute atomic E-state index is 0.256. The monoisotopic (exact) mass is 418 g/mol. The van der Waals surface area contributed by atoms with Crippen LogP contribution in [-0.2, 0) is 12.0 Å². The highest BCUT2D eigenvalue weighted by Gasteiger charge is 2.29. The summed E-state index contributed by atoms with van der Waals surface area (Å²) in [6.07, 6.45) is 8.64. The van der Waals surface area contributed by atoms with E-state index in [0.717, 1.165) is 22.3 Å². The second kappa shape index (κ2) is 7.63. The molecule has 1 aromatic carbocycles. The Kier molecular flexibility index (Phi) is 5.10. The van der Waals surface area contributed by atoms with Crippen molar-refractivity contribution in [2.45, 2.75) is 45.3 Å². The Morgan fingerprint density at radius 1 is 0.968 bits per heavy atom. The number of rotatable bonds is 6. The first-order valence-electron chi connectivity index (χ1n) is 10.0. The minimum Gasteiger partial charge on any atom is -0.447 e. The predicted molar refractivity (Wildman–Crippen MR) is 118 cm³/mol. The molecule has 0 radical (unpaired) electrons. The van der Waals surface area contributed by atoms with E-state index in [4.69, 9.17) is 15.1 Å². The molecule has 0 aliphatic heterocycles.